The molecular weight excluding hydrogens is 469 g/mol. The molecule has 0 aliphatic carbocycles. The average molecular weight is 498 g/mol. The summed E-state index contributed by atoms with van der Waals surface area (Å²) in [5, 5.41) is 11.4. The summed E-state index contributed by atoms with van der Waals surface area (Å²) in [5.74, 6) is -0.807. The molecule has 2 aromatic carbocycles. The molecule has 1 aromatic heterocycles. The lowest BCUT2D eigenvalue weighted by Gasteiger charge is -2.22. The minimum absolute atomic E-state index is 0.0154. The molecule has 0 radical (unpaired) electrons. The van der Waals surface area contributed by atoms with Crippen LogP contribution in [-0.2, 0) is 11.3 Å². The van der Waals surface area contributed by atoms with Crippen LogP contribution in [0.2, 0.25) is 0 Å². The van der Waals surface area contributed by atoms with Gasteiger partial charge in [0, 0.05) is 25.6 Å². The van der Waals surface area contributed by atoms with Gasteiger partial charge in [0.2, 0.25) is 5.88 Å². The Hall–Kier alpha value is -3.92. The summed E-state index contributed by atoms with van der Waals surface area (Å²) in [6, 6.07) is 11.2. The molecule has 3 aromatic rings. The van der Waals surface area contributed by atoms with Gasteiger partial charge in [-0.2, -0.15) is 4.98 Å². The molecule has 1 saturated heterocycles. The summed E-state index contributed by atoms with van der Waals surface area (Å²) in [4.78, 5) is 32.1. The van der Waals surface area contributed by atoms with E-state index in [2.05, 4.69) is 4.98 Å². The third kappa shape index (κ3) is 4.76. The lowest BCUT2D eigenvalue weighted by Crippen LogP contribution is -2.35. The first-order chi connectivity index (χ1) is 17.4. The number of nitrogens with zero attached hydrogens (tertiary/aromatic N) is 3. The Morgan fingerprint density at radius 1 is 1.14 bits per heavy atom. The molecule has 1 N–H and O–H groups in total. The van der Waals surface area contributed by atoms with Gasteiger partial charge >= 0.3 is 0 Å². The Bertz CT molecular complexity index is 1290. The van der Waals surface area contributed by atoms with E-state index in [9.17, 15) is 19.1 Å². The van der Waals surface area contributed by atoms with E-state index >= 15 is 0 Å². The maximum absolute atomic E-state index is 13.5. The van der Waals surface area contributed by atoms with Crippen LogP contribution in [0, 0.1) is 5.82 Å². The summed E-state index contributed by atoms with van der Waals surface area (Å²) >= 11 is 0. The van der Waals surface area contributed by atoms with Crippen molar-refractivity contribution in [1.29, 1.82) is 0 Å². The van der Waals surface area contributed by atoms with Gasteiger partial charge in [-0.05, 0) is 43.2 Å². The molecule has 0 bridgehead atoms. The second-order valence-corrected chi connectivity index (χ2v) is 8.30. The van der Waals surface area contributed by atoms with Gasteiger partial charge in [-0.1, -0.05) is 18.2 Å². The first kappa shape index (κ1) is 25.2. The summed E-state index contributed by atoms with van der Waals surface area (Å²) < 4.78 is 31.0. The van der Waals surface area contributed by atoms with Gasteiger partial charge in [-0.25, -0.2) is 4.39 Å². The lowest BCUT2D eigenvalue weighted by atomic mass is 9.99. The Morgan fingerprint density at radius 2 is 1.81 bits per heavy atom. The second kappa shape index (κ2) is 10.8. The molecule has 10 heteroatoms. The monoisotopic (exact) mass is 497 g/mol. The van der Waals surface area contributed by atoms with Crippen LogP contribution in [0.25, 0.3) is 5.69 Å². The topological polar surface area (TPSA) is 103 Å². The van der Waals surface area contributed by atoms with Crippen molar-refractivity contribution in [2.45, 2.75) is 25.9 Å². The van der Waals surface area contributed by atoms with E-state index in [1.807, 2.05) is 0 Å². The van der Waals surface area contributed by atoms with E-state index in [0.29, 0.717) is 37.6 Å². The average Bonchev–Trinajstić information content (AvgIpc) is 3.38. The number of hydrogen-bond donors (Lipinski definition) is 1. The predicted molar refractivity (Wildman–Crippen MR) is 130 cm³/mol. The number of ether oxygens (including phenoxy) is 3. The van der Waals surface area contributed by atoms with Crippen molar-refractivity contribution in [2.24, 2.45) is 0 Å². The van der Waals surface area contributed by atoms with Crippen LogP contribution in [0.3, 0.4) is 0 Å². The van der Waals surface area contributed by atoms with Crippen LogP contribution in [0.5, 0.6) is 17.4 Å². The number of hydrogen-bond acceptors (Lipinski definition) is 7. The standard InChI is InChI=1S/C26H28FN3O6/c1-4-36-15-21-28-24(31)22(26(33)30(21)23-19(34-2)6-5-7-20(23)35-3)25(32)29-13-12-17(14-29)16-8-10-18(27)11-9-16/h5-11,17,33H,4,12-15H2,1-3H3. The zero-order valence-electron chi connectivity index (χ0n) is 20.4. The molecule has 36 heavy (non-hydrogen) atoms. The van der Waals surface area contributed by atoms with Crippen molar-refractivity contribution in [3.8, 4) is 23.1 Å². The van der Waals surface area contributed by atoms with Gasteiger partial charge < -0.3 is 24.2 Å². The van der Waals surface area contributed by atoms with E-state index in [4.69, 9.17) is 14.2 Å². The number of halogens is 1. The number of methoxy groups -OCH3 is 2. The molecule has 0 saturated carbocycles. The van der Waals surface area contributed by atoms with Gasteiger partial charge in [0.15, 0.2) is 5.56 Å². The first-order valence-corrected chi connectivity index (χ1v) is 11.6. The van der Waals surface area contributed by atoms with Crippen molar-refractivity contribution < 1.29 is 28.5 Å². The van der Waals surface area contributed by atoms with Crippen LogP contribution in [0.15, 0.2) is 47.3 Å². The number of aromatic nitrogens is 2. The van der Waals surface area contributed by atoms with E-state index in [-0.39, 0.29) is 29.9 Å². The molecule has 1 atom stereocenters. The van der Waals surface area contributed by atoms with E-state index < -0.39 is 22.9 Å². The number of carbonyl (C=O) groups is 1. The Labute approximate surface area is 207 Å². The van der Waals surface area contributed by atoms with Gasteiger partial charge in [0.25, 0.3) is 11.5 Å². The van der Waals surface area contributed by atoms with Crippen molar-refractivity contribution >= 4 is 5.91 Å². The highest BCUT2D eigenvalue weighted by atomic mass is 19.1. The van der Waals surface area contributed by atoms with E-state index in [1.54, 1.807) is 37.3 Å². The number of aromatic hydroxyl groups is 1. The second-order valence-electron chi connectivity index (χ2n) is 8.30. The fourth-order valence-corrected chi connectivity index (χ4v) is 4.43. The Morgan fingerprint density at radius 3 is 2.42 bits per heavy atom. The molecule has 1 unspecified atom stereocenters. The van der Waals surface area contributed by atoms with Crippen LogP contribution < -0.4 is 15.0 Å². The molecule has 190 valence electrons. The number of benzene rings is 2. The summed E-state index contributed by atoms with van der Waals surface area (Å²) in [6.07, 6.45) is 0.641. The number of rotatable bonds is 8. The molecule has 9 nitrogen and oxygen atoms in total. The predicted octanol–water partition coefficient (Wildman–Crippen LogP) is 3.26. The molecule has 4 rings (SSSR count). The molecule has 1 amide bonds. The Kier molecular flexibility index (Phi) is 7.54. The fraction of sp³-hybridized carbons (Fsp3) is 0.346. The maximum Gasteiger partial charge on any atom is 0.289 e. The highest BCUT2D eigenvalue weighted by Crippen LogP contribution is 2.37. The summed E-state index contributed by atoms with van der Waals surface area (Å²) in [5.41, 5.74) is -0.135. The van der Waals surface area contributed by atoms with Crippen molar-refractivity contribution in [1.82, 2.24) is 14.5 Å². The zero-order chi connectivity index (χ0) is 25.8. The minimum Gasteiger partial charge on any atom is -0.494 e. The molecule has 1 fully saturated rings. The largest absolute Gasteiger partial charge is 0.494 e. The van der Waals surface area contributed by atoms with Crippen molar-refractivity contribution in [2.75, 3.05) is 33.9 Å². The highest BCUT2D eigenvalue weighted by molar-refractivity contribution is 5.96. The van der Waals surface area contributed by atoms with Gasteiger partial charge in [-0.3, -0.25) is 14.2 Å². The van der Waals surface area contributed by atoms with Gasteiger partial charge in [0.1, 0.15) is 35.4 Å². The molecular formula is C26H28FN3O6. The lowest BCUT2D eigenvalue weighted by molar-refractivity contribution is 0.0782. The van der Waals surface area contributed by atoms with Crippen LogP contribution in [0.1, 0.15) is 41.0 Å². The first-order valence-electron chi connectivity index (χ1n) is 11.6. The number of carbonyl (C=O) groups excluding carboxylic acids is 1. The maximum atomic E-state index is 13.5. The van der Waals surface area contributed by atoms with E-state index in [1.165, 1.54) is 35.8 Å². The third-order valence-corrected chi connectivity index (χ3v) is 6.23. The highest BCUT2D eigenvalue weighted by Gasteiger charge is 2.33. The van der Waals surface area contributed by atoms with Crippen LogP contribution >= 0.6 is 0 Å². The summed E-state index contributed by atoms with van der Waals surface area (Å²) in [7, 11) is 2.92. The molecule has 0 spiro atoms. The molecule has 1 aliphatic rings. The fourth-order valence-electron chi connectivity index (χ4n) is 4.43. The molecule has 1 aliphatic heterocycles. The number of para-hydroxylation sites is 1. The normalized spacial score (nSPS) is 15.2. The SMILES string of the molecule is CCOCc1nc(=O)c(C(=O)N2CCC(c3ccc(F)cc3)C2)c(O)n1-c1c(OC)cccc1OC. The quantitative estimate of drug-likeness (QED) is 0.510. The van der Waals surface area contributed by atoms with Gasteiger partial charge in [-0.15, -0.1) is 0 Å². The van der Waals surface area contributed by atoms with Crippen molar-refractivity contribution in [3.63, 3.8) is 0 Å². The van der Waals surface area contributed by atoms with Crippen molar-refractivity contribution in [3.05, 3.63) is 75.6 Å². The summed E-state index contributed by atoms with van der Waals surface area (Å²) in [6.45, 7) is 2.74. The third-order valence-electron chi connectivity index (χ3n) is 6.23. The van der Waals surface area contributed by atoms with Gasteiger partial charge in [0.05, 0.1) is 14.2 Å². The Balaban J connectivity index is 1.78. The van der Waals surface area contributed by atoms with Crippen LogP contribution in [0.4, 0.5) is 4.39 Å². The molecule has 2 heterocycles. The number of amides is 1. The zero-order valence-corrected chi connectivity index (χ0v) is 20.4. The van der Waals surface area contributed by atoms with Crippen LogP contribution in [-0.4, -0.2) is 59.4 Å². The van der Waals surface area contributed by atoms with E-state index in [0.717, 1.165) is 5.56 Å². The number of likely N-dealkylation sites (tertiary alicyclic amines) is 1. The smallest absolute Gasteiger partial charge is 0.289 e. The minimum atomic E-state index is -0.859.